The van der Waals surface area contributed by atoms with Crippen LogP contribution in [-0.4, -0.2) is 32.1 Å². The second-order valence-electron chi connectivity index (χ2n) is 6.54. The average molecular weight is 437 g/mol. The third-order valence-corrected chi connectivity index (χ3v) is 6.58. The molecule has 0 N–H and O–H groups in total. The first-order valence-corrected chi connectivity index (χ1v) is 10.4. The van der Waals surface area contributed by atoms with E-state index in [1.165, 1.54) is 23.5 Å². The summed E-state index contributed by atoms with van der Waals surface area (Å²) >= 11 is 0. The zero-order valence-corrected chi connectivity index (χ0v) is 17.2. The third kappa shape index (κ3) is 3.93. The van der Waals surface area contributed by atoms with Crippen LogP contribution >= 0.6 is 0 Å². The number of sulfonamides is 1. The van der Waals surface area contributed by atoms with Gasteiger partial charge in [0.15, 0.2) is 0 Å². The molecule has 158 valence electrons. The van der Waals surface area contributed by atoms with E-state index >= 15 is 0 Å². The lowest BCUT2D eigenvalue weighted by Crippen LogP contribution is -2.27. The predicted molar refractivity (Wildman–Crippen MR) is 108 cm³/mol. The summed E-state index contributed by atoms with van der Waals surface area (Å²) in [4.78, 5) is 0. The average Bonchev–Trinajstić information content (AvgIpc) is 2.97. The number of benzene rings is 2. The Balaban J connectivity index is 2.10. The molecule has 0 atom stereocenters. The lowest BCUT2D eigenvalue weighted by atomic mass is 10.1. The van der Waals surface area contributed by atoms with E-state index in [1.807, 2.05) is 0 Å². The van der Waals surface area contributed by atoms with Crippen LogP contribution in [0.5, 0.6) is 5.75 Å². The standard InChI is InChI=1S/C20H18F3N3O3S/c1-4-30(27,28)26(3)14-7-5-13(6-8-14)19-17(12-24)16-10-9-15(29-20(21,22)23)11-18(16)25(19)2/h5-11H,4H2,1-3H3. The summed E-state index contributed by atoms with van der Waals surface area (Å²) in [7, 11) is -0.332. The molecule has 0 aliphatic heterocycles. The Morgan fingerprint density at radius 3 is 2.33 bits per heavy atom. The van der Waals surface area contributed by atoms with Gasteiger partial charge in [-0.05, 0) is 36.8 Å². The molecular weight excluding hydrogens is 419 g/mol. The number of rotatable bonds is 5. The van der Waals surface area contributed by atoms with Crippen LogP contribution in [0.2, 0.25) is 0 Å². The van der Waals surface area contributed by atoms with Gasteiger partial charge < -0.3 is 9.30 Å². The molecule has 30 heavy (non-hydrogen) atoms. The molecule has 10 heteroatoms. The number of fused-ring (bicyclic) bond motifs is 1. The topological polar surface area (TPSA) is 75.3 Å². The molecule has 0 fully saturated rings. The van der Waals surface area contributed by atoms with Crippen LogP contribution in [0.3, 0.4) is 0 Å². The summed E-state index contributed by atoms with van der Waals surface area (Å²) in [5.74, 6) is -0.427. The minimum absolute atomic E-state index is 0.0463. The lowest BCUT2D eigenvalue weighted by Gasteiger charge is -2.18. The van der Waals surface area contributed by atoms with Crippen LogP contribution in [0.15, 0.2) is 42.5 Å². The first kappa shape index (κ1) is 21.5. The zero-order valence-electron chi connectivity index (χ0n) is 16.4. The van der Waals surface area contributed by atoms with Crippen molar-refractivity contribution in [2.45, 2.75) is 13.3 Å². The molecule has 0 saturated heterocycles. The highest BCUT2D eigenvalue weighted by molar-refractivity contribution is 7.92. The van der Waals surface area contributed by atoms with Crippen LogP contribution < -0.4 is 9.04 Å². The molecule has 3 aromatic rings. The van der Waals surface area contributed by atoms with E-state index in [1.54, 1.807) is 42.8 Å². The highest BCUT2D eigenvalue weighted by Crippen LogP contribution is 2.36. The lowest BCUT2D eigenvalue weighted by molar-refractivity contribution is -0.274. The van der Waals surface area contributed by atoms with Gasteiger partial charge in [-0.25, -0.2) is 8.42 Å². The predicted octanol–water partition coefficient (Wildman–Crippen LogP) is 4.40. The van der Waals surface area contributed by atoms with Crippen LogP contribution in [0.1, 0.15) is 12.5 Å². The minimum atomic E-state index is -4.82. The molecular formula is C20H18F3N3O3S. The molecule has 0 amide bonds. The van der Waals surface area contributed by atoms with E-state index in [9.17, 15) is 26.9 Å². The summed E-state index contributed by atoms with van der Waals surface area (Å²) in [5, 5.41) is 10.2. The van der Waals surface area contributed by atoms with Gasteiger partial charge in [0.1, 0.15) is 11.8 Å². The highest BCUT2D eigenvalue weighted by Gasteiger charge is 2.31. The summed E-state index contributed by atoms with van der Waals surface area (Å²) < 4.78 is 68.5. The summed E-state index contributed by atoms with van der Waals surface area (Å²) in [6, 6.07) is 12.5. The number of aromatic nitrogens is 1. The molecule has 0 unspecified atom stereocenters. The van der Waals surface area contributed by atoms with Crippen molar-refractivity contribution in [2.75, 3.05) is 17.1 Å². The van der Waals surface area contributed by atoms with Gasteiger partial charge in [-0.3, -0.25) is 4.31 Å². The van der Waals surface area contributed by atoms with Crippen LogP contribution in [0, 0.1) is 11.3 Å². The Labute approximate surface area is 171 Å². The van der Waals surface area contributed by atoms with E-state index < -0.39 is 16.4 Å². The number of nitriles is 1. The van der Waals surface area contributed by atoms with Crippen LogP contribution in [0.4, 0.5) is 18.9 Å². The summed E-state index contributed by atoms with van der Waals surface area (Å²) in [6.07, 6.45) is -4.82. The first-order chi connectivity index (χ1) is 14.0. The van der Waals surface area contributed by atoms with Crippen molar-refractivity contribution in [3.8, 4) is 23.1 Å². The van der Waals surface area contributed by atoms with Gasteiger partial charge in [-0.2, -0.15) is 5.26 Å². The number of alkyl halides is 3. The number of nitrogens with zero attached hydrogens (tertiary/aromatic N) is 3. The van der Waals surface area contributed by atoms with Crippen LogP contribution in [-0.2, 0) is 17.1 Å². The van der Waals surface area contributed by atoms with Crippen LogP contribution in [0.25, 0.3) is 22.2 Å². The Morgan fingerprint density at radius 2 is 1.80 bits per heavy atom. The Hall–Kier alpha value is -3.19. The molecule has 2 aromatic carbocycles. The van der Waals surface area contributed by atoms with Crippen molar-refractivity contribution in [1.82, 2.24) is 4.57 Å². The normalized spacial score (nSPS) is 12.0. The maximum atomic E-state index is 12.5. The van der Waals surface area contributed by atoms with Gasteiger partial charge in [0.2, 0.25) is 10.0 Å². The molecule has 0 spiro atoms. The van der Waals surface area contributed by atoms with Gasteiger partial charge in [0.25, 0.3) is 0 Å². The van der Waals surface area contributed by atoms with Crippen molar-refractivity contribution < 1.29 is 26.3 Å². The second kappa shape index (κ2) is 7.57. The second-order valence-corrected chi connectivity index (χ2v) is 8.83. The van der Waals surface area contributed by atoms with Gasteiger partial charge >= 0.3 is 6.36 Å². The van der Waals surface area contributed by atoms with E-state index in [-0.39, 0.29) is 11.5 Å². The van der Waals surface area contributed by atoms with Crippen molar-refractivity contribution in [3.63, 3.8) is 0 Å². The van der Waals surface area contributed by atoms with E-state index in [2.05, 4.69) is 10.8 Å². The largest absolute Gasteiger partial charge is 0.573 e. The van der Waals surface area contributed by atoms with Crippen molar-refractivity contribution in [2.24, 2.45) is 7.05 Å². The van der Waals surface area contributed by atoms with Gasteiger partial charge in [0.05, 0.1) is 28.2 Å². The fourth-order valence-corrected chi connectivity index (χ4v) is 4.08. The number of hydrogen-bond acceptors (Lipinski definition) is 4. The first-order valence-electron chi connectivity index (χ1n) is 8.84. The van der Waals surface area contributed by atoms with Gasteiger partial charge in [-0.1, -0.05) is 12.1 Å². The molecule has 1 aromatic heterocycles. The third-order valence-electron chi connectivity index (χ3n) is 4.80. The smallest absolute Gasteiger partial charge is 0.406 e. The summed E-state index contributed by atoms with van der Waals surface area (Å²) in [6.45, 7) is 1.55. The Morgan fingerprint density at radius 1 is 1.17 bits per heavy atom. The zero-order chi connectivity index (χ0) is 22.3. The fourth-order valence-electron chi connectivity index (χ4n) is 3.25. The number of ether oxygens (including phenoxy) is 1. The molecule has 3 rings (SSSR count). The number of halogens is 3. The van der Waals surface area contributed by atoms with Gasteiger partial charge in [0, 0.05) is 25.5 Å². The maximum Gasteiger partial charge on any atom is 0.573 e. The number of hydrogen-bond donors (Lipinski definition) is 0. The monoisotopic (exact) mass is 437 g/mol. The number of anilines is 1. The fraction of sp³-hybridized carbons (Fsp3) is 0.250. The van der Waals surface area contributed by atoms with Crippen molar-refractivity contribution >= 4 is 26.6 Å². The molecule has 0 bridgehead atoms. The molecule has 6 nitrogen and oxygen atoms in total. The maximum absolute atomic E-state index is 12.5. The molecule has 0 radical (unpaired) electrons. The van der Waals surface area contributed by atoms with E-state index in [4.69, 9.17) is 0 Å². The number of aryl methyl sites for hydroxylation is 1. The molecule has 1 heterocycles. The molecule has 0 aliphatic carbocycles. The Bertz CT molecular complexity index is 1240. The summed E-state index contributed by atoms with van der Waals surface area (Å²) in [5.41, 5.74) is 2.28. The highest BCUT2D eigenvalue weighted by atomic mass is 32.2. The van der Waals surface area contributed by atoms with Crippen molar-refractivity contribution in [3.05, 3.63) is 48.0 Å². The quantitative estimate of drug-likeness (QED) is 0.593. The van der Waals surface area contributed by atoms with Crippen molar-refractivity contribution in [1.29, 1.82) is 5.26 Å². The van der Waals surface area contributed by atoms with Gasteiger partial charge in [-0.15, -0.1) is 13.2 Å². The molecule has 0 aliphatic rings. The minimum Gasteiger partial charge on any atom is -0.406 e. The molecule has 0 saturated carbocycles. The van der Waals surface area contributed by atoms with E-state index in [0.29, 0.717) is 33.4 Å². The SMILES string of the molecule is CCS(=O)(=O)N(C)c1ccc(-c2c(C#N)c3ccc(OC(F)(F)F)cc3n2C)cc1. The Kier molecular flexibility index (Phi) is 5.43. The van der Waals surface area contributed by atoms with E-state index in [0.717, 1.165) is 6.07 Å².